The Morgan fingerprint density at radius 3 is 2.96 bits per heavy atom. The van der Waals surface area contributed by atoms with Crippen molar-refractivity contribution in [3.63, 3.8) is 0 Å². The van der Waals surface area contributed by atoms with Crippen LogP contribution >= 0.6 is 0 Å². The van der Waals surface area contributed by atoms with E-state index in [1.807, 2.05) is 35.8 Å². The van der Waals surface area contributed by atoms with Gasteiger partial charge in [0, 0.05) is 11.5 Å². The maximum Gasteiger partial charge on any atom is 0.273 e. The van der Waals surface area contributed by atoms with Crippen molar-refractivity contribution >= 4 is 26.8 Å². The summed E-state index contributed by atoms with van der Waals surface area (Å²) in [7, 11) is -3.23. The van der Waals surface area contributed by atoms with Crippen LogP contribution in [0.4, 0.5) is 0 Å². The van der Waals surface area contributed by atoms with Crippen molar-refractivity contribution < 1.29 is 17.7 Å². The SMILES string of the molecule is Cc1nc2ccccc2n1Cc1cc(C(=O)N[C@@H]2C=CS(=O)(=O)C2)no1. The summed E-state index contributed by atoms with van der Waals surface area (Å²) < 4.78 is 30.0. The highest BCUT2D eigenvalue weighted by molar-refractivity contribution is 7.94. The molecule has 2 aromatic heterocycles. The molecule has 1 aliphatic heterocycles. The van der Waals surface area contributed by atoms with E-state index in [9.17, 15) is 13.2 Å². The molecule has 26 heavy (non-hydrogen) atoms. The first-order valence-corrected chi connectivity index (χ1v) is 9.72. The number of carbonyl (C=O) groups is 1. The van der Waals surface area contributed by atoms with E-state index in [-0.39, 0.29) is 11.4 Å². The molecule has 9 heteroatoms. The van der Waals surface area contributed by atoms with Gasteiger partial charge in [0.25, 0.3) is 5.91 Å². The minimum Gasteiger partial charge on any atom is -0.359 e. The molecule has 3 heterocycles. The minimum absolute atomic E-state index is 0.111. The molecule has 1 aromatic carbocycles. The van der Waals surface area contributed by atoms with Crippen molar-refractivity contribution in [3.8, 4) is 0 Å². The molecule has 0 bridgehead atoms. The molecule has 1 N–H and O–H groups in total. The summed E-state index contributed by atoms with van der Waals surface area (Å²) in [5, 5.41) is 7.52. The van der Waals surface area contributed by atoms with E-state index in [0.29, 0.717) is 12.3 Å². The van der Waals surface area contributed by atoms with Crippen LogP contribution in [0.25, 0.3) is 11.0 Å². The zero-order valence-electron chi connectivity index (χ0n) is 13.9. The van der Waals surface area contributed by atoms with Crippen molar-refractivity contribution in [2.24, 2.45) is 0 Å². The van der Waals surface area contributed by atoms with Gasteiger partial charge in [-0.05, 0) is 25.1 Å². The van der Waals surface area contributed by atoms with Crippen molar-refractivity contribution in [1.29, 1.82) is 0 Å². The van der Waals surface area contributed by atoms with Gasteiger partial charge in [-0.25, -0.2) is 13.4 Å². The fourth-order valence-corrected chi connectivity index (χ4v) is 4.19. The Morgan fingerprint density at radius 1 is 1.38 bits per heavy atom. The van der Waals surface area contributed by atoms with Crippen molar-refractivity contribution in [3.05, 3.63) is 59.1 Å². The minimum atomic E-state index is -3.23. The quantitative estimate of drug-likeness (QED) is 0.742. The summed E-state index contributed by atoms with van der Waals surface area (Å²) in [5.74, 6) is 0.730. The molecule has 1 aliphatic rings. The number of nitrogens with one attached hydrogen (secondary N) is 1. The van der Waals surface area contributed by atoms with Gasteiger partial charge >= 0.3 is 0 Å². The molecule has 0 spiro atoms. The smallest absolute Gasteiger partial charge is 0.273 e. The molecule has 0 fully saturated rings. The summed E-state index contributed by atoms with van der Waals surface area (Å²) in [6.45, 7) is 2.29. The van der Waals surface area contributed by atoms with Crippen LogP contribution in [0.2, 0.25) is 0 Å². The van der Waals surface area contributed by atoms with Crippen LogP contribution in [0.1, 0.15) is 22.1 Å². The lowest BCUT2D eigenvalue weighted by Gasteiger charge is -2.07. The number of hydrogen-bond donors (Lipinski definition) is 1. The third kappa shape index (κ3) is 3.13. The summed E-state index contributed by atoms with van der Waals surface area (Å²) in [6, 6.07) is 8.76. The van der Waals surface area contributed by atoms with Crippen molar-refractivity contribution in [2.75, 3.05) is 5.75 Å². The monoisotopic (exact) mass is 372 g/mol. The lowest BCUT2D eigenvalue weighted by Crippen LogP contribution is -2.35. The van der Waals surface area contributed by atoms with E-state index in [1.54, 1.807) is 6.07 Å². The molecular formula is C17H16N4O4S. The molecule has 0 radical (unpaired) electrons. The second-order valence-electron chi connectivity index (χ2n) is 6.15. The topological polar surface area (TPSA) is 107 Å². The summed E-state index contributed by atoms with van der Waals surface area (Å²) >= 11 is 0. The van der Waals surface area contributed by atoms with E-state index in [4.69, 9.17) is 4.52 Å². The van der Waals surface area contributed by atoms with E-state index < -0.39 is 21.8 Å². The average Bonchev–Trinajstić information content (AvgIpc) is 3.27. The number of imidazole rings is 1. The van der Waals surface area contributed by atoms with Gasteiger partial charge in [-0.15, -0.1) is 0 Å². The zero-order chi connectivity index (χ0) is 18.3. The predicted molar refractivity (Wildman–Crippen MR) is 94.3 cm³/mol. The molecule has 8 nitrogen and oxygen atoms in total. The normalized spacial score (nSPS) is 18.4. The molecule has 0 saturated carbocycles. The number of rotatable bonds is 4. The first-order chi connectivity index (χ1) is 12.4. The van der Waals surface area contributed by atoms with E-state index >= 15 is 0 Å². The number of para-hydroxylation sites is 2. The standard InChI is InChI=1S/C17H16N4O4S/c1-11-18-14-4-2-3-5-16(14)21(11)9-13-8-15(20-25-13)17(22)19-12-6-7-26(23,24)10-12/h2-8,12H,9-10H2,1H3,(H,19,22)/t12-/m1/s1. The van der Waals surface area contributed by atoms with Gasteiger partial charge in [-0.2, -0.15) is 0 Å². The van der Waals surface area contributed by atoms with Crippen LogP contribution in [-0.2, 0) is 16.4 Å². The van der Waals surface area contributed by atoms with Crippen LogP contribution < -0.4 is 5.32 Å². The lowest BCUT2D eigenvalue weighted by atomic mass is 10.3. The van der Waals surface area contributed by atoms with Gasteiger partial charge in [0.2, 0.25) is 0 Å². The molecule has 0 aliphatic carbocycles. The maximum atomic E-state index is 12.2. The summed E-state index contributed by atoms with van der Waals surface area (Å²) in [6.07, 6.45) is 1.45. The Labute approximate surface area is 149 Å². The molecular weight excluding hydrogens is 356 g/mol. The highest BCUT2D eigenvalue weighted by Crippen LogP contribution is 2.18. The number of aromatic nitrogens is 3. The fourth-order valence-electron chi connectivity index (χ4n) is 2.95. The number of aryl methyl sites for hydroxylation is 1. The highest BCUT2D eigenvalue weighted by atomic mass is 32.2. The predicted octanol–water partition coefficient (Wildman–Crippen LogP) is 1.42. The number of amides is 1. The highest BCUT2D eigenvalue weighted by Gasteiger charge is 2.24. The first-order valence-electron chi connectivity index (χ1n) is 8.00. The molecule has 0 saturated heterocycles. The van der Waals surface area contributed by atoms with Gasteiger partial charge in [0.05, 0.1) is 29.4 Å². The third-order valence-electron chi connectivity index (χ3n) is 4.20. The van der Waals surface area contributed by atoms with Gasteiger partial charge in [-0.1, -0.05) is 17.3 Å². The second-order valence-corrected chi connectivity index (χ2v) is 8.08. The lowest BCUT2D eigenvalue weighted by molar-refractivity contribution is 0.0938. The van der Waals surface area contributed by atoms with Crippen LogP contribution in [-0.4, -0.2) is 40.8 Å². The van der Waals surface area contributed by atoms with Crippen molar-refractivity contribution in [1.82, 2.24) is 20.0 Å². The van der Waals surface area contributed by atoms with Crippen LogP contribution in [0.3, 0.4) is 0 Å². The molecule has 134 valence electrons. The van der Waals surface area contributed by atoms with Crippen LogP contribution in [0, 0.1) is 6.92 Å². The van der Waals surface area contributed by atoms with Gasteiger partial charge in [0.15, 0.2) is 21.3 Å². The largest absolute Gasteiger partial charge is 0.359 e. The van der Waals surface area contributed by atoms with E-state index in [2.05, 4.69) is 15.5 Å². The maximum absolute atomic E-state index is 12.2. The number of fused-ring (bicyclic) bond motifs is 1. The number of benzene rings is 1. The van der Waals surface area contributed by atoms with Crippen LogP contribution in [0.5, 0.6) is 0 Å². The fraction of sp³-hybridized carbons (Fsp3) is 0.235. The summed E-state index contributed by atoms with van der Waals surface area (Å²) in [4.78, 5) is 16.7. The number of hydrogen-bond acceptors (Lipinski definition) is 6. The Kier molecular flexibility index (Phi) is 3.87. The van der Waals surface area contributed by atoms with Crippen LogP contribution in [0.15, 0.2) is 46.3 Å². The number of sulfone groups is 1. The van der Waals surface area contributed by atoms with E-state index in [1.165, 1.54) is 6.08 Å². The Balaban J connectivity index is 1.50. The molecule has 1 amide bonds. The van der Waals surface area contributed by atoms with Gasteiger partial charge in [0.1, 0.15) is 5.82 Å². The Bertz CT molecular complexity index is 1130. The average molecular weight is 372 g/mol. The Hall–Kier alpha value is -2.94. The molecule has 3 aromatic rings. The third-order valence-corrected chi connectivity index (χ3v) is 5.59. The second kappa shape index (κ2) is 6.10. The zero-order valence-corrected chi connectivity index (χ0v) is 14.7. The summed E-state index contributed by atoms with van der Waals surface area (Å²) in [5.41, 5.74) is 1.96. The van der Waals surface area contributed by atoms with Gasteiger partial charge in [-0.3, -0.25) is 4.79 Å². The van der Waals surface area contributed by atoms with E-state index in [0.717, 1.165) is 22.3 Å². The number of carbonyl (C=O) groups excluding carboxylic acids is 1. The number of nitrogens with zero attached hydrogens (tertiary/aromatic N) is 3. The first kappa shape index (κ1) is 16.5. The van der Waals surface area contributed by atoms with Gasteiger partial charge < -0.3 is 14.4 Å². The van der Waals surface area contributed by atoms with Crippen molar-refractivity contribution in [2.45, 2.75) is 19.5 Å². The Morgan fingerprint density at radius 2 is 2.19 bits per heavy atom. The molecule has 0 unspecified atom stereocenters. The molecule has 4 rings (SSSR count). The molecule has 1 atom stereocenters.